The van der Waals surface area contributed by atoms with Gasteiger partial charge in [-0.15, -0.1) is 9.89 Å². The molecule has 0 bridgehead atoms. The minimum atomic E-state index is -0.287. The number of unbranched alkanes of at least 4 members (excludes halogenated alkanes) is 1. The zero-order chi connectivity index (χ0) is 28.4. The van der Waals surface area contributed by atoms with Crippen LogP contribution in [0.1, 0.15) is 58.8 Å². The maximum atomic E-state index is 5.61. The molecule has 2 aromatic heterocycles. The number of ether oxygens (including phenoxy) is 1. The van der Waals surface area contributed by atoms with Gasteiger partial charge in [0.2, 0.25) is 11.8 Å². The van der Waals surface area contributed by atoms with Gasteiger partial charge in [-0.2, -0.15) is 10.1 Å². The van der Waals surface area contributed by atoms with Gasteiger partial charge in [-0.05, 0) is 32.4 Å². The van der Waals surface area contributed by atoms with Crippen LogP contribution in [-0.2, 0) is 0 Å². The number of fused-ring (bicyclic) bond motifs is 1. The number of aromatic nitrogens is 5. The van der Waals surface area contributed by atoms with Gasteiger partial charge < -0.3 is 14.6 Å². The Morgan fingerprint density at radius 2 is 1.82 bits per heavy atom. The molecule has 3 heterocycles. The van der Waals surface area contributed by atoms with Gasteiger partial charge in [-0.1, -0.05) is 76.1 Å². The van der Waals surface area contributed by atoms with Gasteiger partial charge in [0.25, 0.3) is 0 Å². The summed E-state index contributed by atoms with van der Waals surface area (Å²) in [5, 5.41) is 9.61. The van der Waals surface area contributed by atoms with E-state index in [0.29, 0.717) is 28.9 Å². The van der Waals surface area contributed by atoms with Crippen molar-refractivity contribution < 1.29 is 4.74 Å². The first-order chi connectivity index (χ1) is 19.2. The topological polar surface area (TPSA) is 96.6 Å². The van der Waals surface area contributed by atoms with Gasteiger partial charge in [-0.25, -0.2) is 9.98 Å². The highest BCUT2D eigenvalue weighted by atomic mass is 16.5. The van der Waals surface area contributed by atoms with Crippen molar-refractivity contribution in [1.29, 1.82) is 0 Å². The molecule has 9 nitrogen and oxygen atoms in total. The van der Waals surface area contributed by atoms with Crippen molar-refractivity contribution in [2.75, 3.05) is 25.1 Å². The van der Waals surface area contributed by atoms with E-state index in [1.54, 1.807) is 11.9 Å². The summed E-state index contributed by atoms with van der Waals surface area (Å²) >= 11 is 0. The van der Waals surface area contributed by atoms with E-state index in [1.807, 2.05) is 43.3 Å². The average Bonchev–Trinajstić information content (AvgIpc) is 3.64. The van der Waals surface area contributed by atoms with Crippen molar-refractivity contribution in [2.45, 2.75) is 54.4 Å². The summed E-state index contributed by atoms with van der Waals surface area (Å²) in [6, 6.07) is 16.2. The van der Waals surface area contributed by atoms with Crippen LogP contribution in [0.3, 0.4) is 0 Å². The largest absolute Gasteiger partial charge is 0.496 e. The SMILES string of the molecule is CCCCN(CC)c1nc(N=C2C(C(C)(C)C)=Nn3nc(-c4cc(C)ccc4OC)nc32)c(-c2ccccc2)[nH]1. The molecule has 0 aliphatic carbocycles. The summed E-state index contributed by atoms with van der Waals surface area (Å²) in [6.45, 7) is 14.5. The number of anilines is 1. The number of aliphatic imine (C=N–C) groups is 1. The minimum absolute atomic E-state index is 0.287. The Hall–Kier alpha value is -4.27. The van der Waals surface area contributed by atoms with E-state index in [-0.39, 0.29) is 5.41 Å². The zero-order valence-electron chi connectivity index (χ0n) is 24.5. The average molecular weight is 539 g/mol. The first-order valence-corrected chi connectivity index (χ1v) is 13.9. The van der Waals surface area contributed by atoms with E-state index in [1.165, 1.54) is 0 Å². The molecule has 5 rings (SSSR count). The number of nitrogens with one attached hydrogen (secondary N) is 1. The first-order valence-electron chi connectivity index (χ1n) is 13.9. The number of aryl methyl sites for hydroxylation is 1. The van der Waals surface area contributed by atoms with Crippen LogP contribution in [0.2, 0.25) is 0 Å². The van der Waals surface area contributed by atoms with Crippen LogP contribution in [0.4, 0.5) is 11.8 Å². The van der Waals surface area contributed by atoms with Crippen molar-refractivity contribution in [3.63, 3.8) is 0 Å². The second-order valence-corrected chi connectivity index (χ2v) is 11.1. The summed E-state index contributed by atoms with van der Waals surface area (Å²) < 4.78 is 5.61. The van der Waals surface area contributed by atoms with Crippen LogP contribution >= 0.6 is 0 Å². The molecule has 0 spiro atoms. The third-order valence-corrected chi connectivity index (χ3v) is 6.94. The van der Waals surface area contributed by atoms with E-state index in [0.717, 1.165) is 60.0 Å². The molecule has 0 saturated heterocycles. The molecular weight excluding hydrogens is 500 g/mol. The normalized spacial score (nSPS) is 14.0. The lowest BCUT2D eigenvalue weighted by molar-refractivity contribution is 0.416. The highest BCUT2D eigenvalue weighted by Crippen LogP contribution is 2.35. The number of benzene rings is 2. The quantitative estimate of drug-likeness (QED) is 0.257. The smallest absolute Gasteiger partial charge is 0.205 e. The summed E-state index contributed by atoms with van der Waals surface area (Å²) in [6.07, 6.45) is 2.21. The van der Waals surface area contributed by atoms with Crippen LogP contribution in [0.15, 0.2) is 58.6 Å². The Bertz CT molecular complexity index is 1560. The fraction of sp³-hybridized carbons (Fsp3) is 0.387. The fourth-order valence-electron chi connectivity index (χ4n) is 4.75. The zero-order valence-corrected chi connectivity index (χ0v) is 24.5. The van der Waals surface area contributed by atoms with Gasteiger partial charge >= 0.3 is 0 Å². The van der Waals surface area contributed by atoms with E-state index < -0.39 is 0 Å². The number of hydrogen-bond donors (Lipinski definition) is 1. The molecule has 4 aromatic rings. The molecule has 1 aliphatic heterocycles. The van der Waals surface area contributed by atoms with Crippen LogP contribution in [-0.4, -0.2) is 56.5 Å². The predicted molar refractivity (Wildman–Crippen MR) is 162 cm³/mol. The lowest BCUT2D eigenvalue weighted by atomic mass is 9.87. The molecule has 0 radical (unpaired) electrons. The van der Waals surface area contributed by atoms with Crippen molar-refractivity contribution in [2.24, 2.45) is 15.5 Å². The summed E-state index contributed by atoms with van der Waals surface area (Å²) in [7, 11) is 1.65. The van der Waals surface area contributed by atoms with Crippen LogP contribution in [0.25, 0.3) is 22.6 Å². The summed E-state index contributed by atoms with van der Waals surface area (Å²) in [5.74, 6) is 3.26. The van der Waals surface area contributed by atoms with Crippen LogP contribution in [0.5, 0.6) is 5.75 Å². The molecule has 0 atom stereocenters. The van der Waals surface area contributed by atoms with Crippen molar-refractivity contribution in [3.8, 4) is 28.4 Å². The third-order valence-electron chi connectivity index (χ3n) is 6.94. The predicted octanol–water partition coefficient (Wildman–Crippen LogP) is 6.66. The maximum Gasteiger partial charge on any atom is 0.205 e. The summed E-state index contributed by atoms with van der Waals surface area (Å²) in [4.78, 5) is 22.5. The van der Waals surface area contributed by atoms with Crippen molar-refractivity contribution in [3.05, 3.63) is 59.9 Å². The van der Waals surface area contributed by atoms with Gasteiger partial charge in [-0.3, -0.25) is 0 Å². The van der Waals surface area contributed by atoms with Gasteiger partial charge in [0.1, 0.15) is 11.5 Å². The summed E-state index contributed by atoms with van der Waals surface area (Å²) in [5.41, 5.74) is 4.99. The number of H-pyrrole nitrogens is 1. The van der Waals surface area contributed by atoms with Gasteiger partial charge in [0, 0.05) is 24.1 Å². The Morgan fingerprint density at radius 3 is 2.50 bits per heavy atom. The molecule has 0 amide bonds. The Kier molecular flexibility index (Phi) is 7.56. The van der Waals surface area contributed by atoms with E-state index in [4.69, 9.17) is 29.9 Å². The highest BCUT2D eigenvalue weighted by molar-refractivity contribution is 6.50. The monoisotopic (exact) mass is 538 g/mol. The lowest BCUT2D eigenvalue weighted by Crippen LogP contribution is -2.27. The van der Waals surface area contributed by atoms with Crippen LogP contribution < -0.4 is 9.64 Å². The van der Waals surface area contributed by atoms with E-state index in [9.17, 15) is 0 Å². The minimum Gasteiger partial charge on any atom is -0.496 e. The van der Waals surface area contributed by atoms with Gasteiger partial charge in [0.05, 0.1) is 24.1 Å². The third kappa shape index (κ3) is 5.28. The lowest BCUT2D eigenvalue weighted by Gasteiger charge is -2.19. The molecule has 208 valence electrons. The molecule has 1 N–H and O–H groups in total. The fourth-order valence-corrected chi connectivity index (χ4v) is 4.75. The molecular formula is C31H38N8O. The number of rotatable bonds is 9. The second kappa shape index (κ2) is 11.1. The second-order valence-electron chi connectivity index (χ2n) is 11.1. The number of hydrogen-bond acceptors (Lipinski definition) is 7. The molecule has 0 saturated carbocycles. The number of nitrogens with zero attached hydrogens (tertiary/aromatic N) is 7. The Balaban J connectivity index is 1.67. The van der Waals surface area contributed by atoms with Gasteiger partial charge in [0.15, 0.2) is 11.6 Å². The van der Waals surface area contributed by atoms with E-state index >= 15 is 0 Å². The molecule has 2 aromatic carbocycles. The molecule has 9 heteroatoms. The highest BCUT2D eigenvalue weighted by Gasteiger charge is 2.36. The molecule has 0 fully saturated rings. The van der Waals surface area contributed by atoms with Crippen molar-refractivity contribution >= 4 is 23.2 Å². The molecule has 40 heavy (non-hydrogen) atoms. The first kappa shape index (κ1) is 27.3. The Labute approximate surface area is 236 Å². The molecule has 1 aliphatic rings. The van der Waals surface area contributed by atoms with Crippen LogP contribution in [0, 0.1) is 12.3 Å². The Morgan fingerprint density at radius 1 is 1.05 bits per heavy atom. The number of imidazole rings is 1. The standard InChI is InChI=1S/C31H38N8O/c1-8-10-18-38(9-2)30-33-24(21-14-12-11-13-15-21)28(35-30)32-25-26(31(4,5)6)36-39-29(25)34-27(37-39)22-19-20(3)16-17-23(22)40-7/h11-17,19H,8-10,18H2,1-7H3,(H,33,35). The van der Waals surface area contributed by atoms with Crippen molar-refractivity contribution in [1.82, 2.24) is 24.8 Å². The van der Waals surface area contributed by atoms with E-state index in [2.05, 4.69) is 56.6 Å². The molecule has 0 unspecified atom stereocenters. The number of aromatic amines is 1. The maximum absolute atomic E-state index is 5.61. The number of methoxy groups -OCH3 is 1.